The number of benzene rings is 2. The zero-order valence-electron chi connectivity index (χ0n) is 11.6. The number of hydrogen-bond acceptors (Lipinski definition) is 3. The standard InChI is InChI=1S/C17H17ClN2O/c18-16-7-6-14(11-19)17(10-16)20-12-15(8-9-21)13-4-2-1-3-5-13/h1-7,10,15,20-21H,8-9,12H2. The van der Waals surface area contributed by atoms with Crippen molar-refractivity contribution >= 4 is 17.3 Å². The highest BCUT2D eigenvalue weighted by molar-refractivity contribution is 6.30. The van der Waals surface area contributed by atoms with Gasteiger partial charge in [-0.2, -0.15) is 5.26 Å². The van der Waals surface area contributed by atoms with Crippen molar-refractivity contribution in [2.75, 3.05) is 18.5 Å². The van der Waals surface area contributed by atoms with E-state index in [-0.39, 0.29) is 12.5 Å². The smallest absolute Gasteiger partial charge is 0.101 e. The van der Waals surface area contributed by atoms with Gasteiger partial charge in [-0.3, -0.25) is 0 Å². The van der Waals surface area contributed by atoms with E-state index in [9.17, 15) is 5.11 Å². The highest BCUT2D eigenvalue weighted by Crippen LogP contribution is 2.24. The van der Waals surface area contributed by atoms with Gasteiger partial charge in [-0.1, -0.05) is 41.9 Å². The Morgan fingerprint density at radius 1 is 1.19 bits per heavy atom. The average molecular weight is 301 g/mol. The number of hydrogen-bond donors (Lipinski definition) is 2. The molecule has 21 heavy (non-hydrogen) atoms. The minimum atomic E-state index is 0.127. The lowest BCUT2D eigenvalue weighted by Crippen LogP contribution is -2.14. The number of halogens is 1. The first-order chi connectivity index (χ1) is 10.2. The third-order valence-electron chi connectivity index (χ3n) is 3.39. The Kier molecular flexibility index (Phi) is 5.62. The van der Waals surface area contributed by atoms with Crippen molar-refractivity contribution in [2.24, 2.45) is 0 Å². The number of nitriles is 1. The number of nitrogens with zero attached hydrogens (tertiary/aromatic N) is 1. The van der Waals surface area contributed by atoms with Crippen LogP contribution in [0.4, 0.5) is 5.69 Å². The zero-order chi connectivity index (χ0) is 15.1. The first kappa shape index (κ1) is 15.4. The average Bonchev–Trinajstić information content (AvgIpc) is 2.52. The molecule has 2 aromatic carbocycles. The fraction of sp³-hybridized carbons (Fsp3) is 0.235. The van der Waals surface area contributed by atoms with Crippen molar-refractivity contribution in [2.45, 2.75) is 12.3 Å². The maximum Gasteiger partial charge on any atom is 0.101 e. The lowest BCUT2D eigenvalue weighted by molar-refractivity contribution is 0.277. The summed E-state index contributed by atoms with van der Waals surface area (Å²) >= 11 is 5.98. The maximum atomic E-state index is 9.24. The fourth-order valence-corrected chi connectivity index (χ4v) is 2.43. The molecule has 0 aliphatic carbocycles. The van der Waals surface area contributed by atoms with Crippen molar-refractivity contribution in [1.82, 2.24) is 0 Å². The first-order valence-electron chi connectivity index (χ1n) is 6.84. The molecule has 0 saturated carbocycles. The molecule has 2 aromatic rings. The molecule has 0 aliphatic rings. The molecule has 0 spiro atoms. The molecule has 1 unspecified atom stereocenters. The van der Waals surface area contributed by atoms with Crippen LogP contribution in [0.5, 0.6) is 0 Å². The number of aliphatic hydroxyl groups excluding tert-OH is 1. The van der Waals surface area contributed by atoms with Gasteiger partial charge in [0, 0.05) is 24.1 Å². The van der Waals surface area contributed by atoms with E-state index in [0.717, 1.165) is 5.69 Å². The van der Waals surface area contributed by atoms with Crippen LogP contribution < -0.4 is 5.32 Å². The van der Waals surface area contributed by atoms with Gasteiger partial charge < -0.3 is 10.4 Å². The van der Waals surface area contributed by atoms with Gasteiger partial charge in [0.05, 0.1) is 11.3 Å². The molecule has 3 nitrogen and oxygen atoms in total. The molecular weight excluding hydrogens is 284 g/mol. The number of anilines is 1. The van der Waals surface area contributed by atoms with Gasteiger partial charge in [-0.05, 0) is 30.2 Å². The lowest BCUT2D eigenvalue weighted by atomic mass is 9.96. The summed E-state index contributed by atoms with van der Waals surface area (Å²) < 4.78 is 0. The van der Waals surface area contributed by atoms with Crippen LogP contribution in [-0.2, 0) is 0 Å². The Hall–Kier alpha value is -2.02. The summed E-state index contributed by atoms with van der Waals surface area (Å²) in [6.07, 6.45) is 0.666. The summed E-state index contributed by atoms with van der Waals surface area (Å²) in [6.45, 7) is 0.765. The number of aliphatic hydroxyl groups is 1. The van der Waals surface area contributed by atoms with Crippen LogP contribution in [-0.4, -0.2) is 18.3 Å². The van der Waals surface area contributed by atoms with E-state index in [4.69, 9.17) is 16.9 Å². The maximum absolute atomic E-state index is 9.24. The van der Waals surface area contributed by atoms with Crippen LogP contribution >= 0.6 is 11.6 Å². The predicted molar refractivity (Wildman–Crippen MR) is 85.5 cm³/mol. The lowest BCUT2D eigenvalue weighted by Gasteiger charge is -2.18. The summed E-state index contributed by atoms with van der Waals surface area (Å²) in [5.41, 5.74) is 2.46. The van der Waals surface area contributed by atoms with Crippen molar-refractivity contribution in [1.29, 1.82) is 5.26 Å². The second kappa shape index (κ2) is 7.68. The van der Waals surface area contributed by atoms with Crippen molar-refractivity contribution in [3.63, 3.8) is 0 Å². The van der Waals surface area contributed by atoms with Crippen LogP contribution in [0.3, 0.4) is 0 Å². The van der Waals surface area contributed by atoms with Gasteiger partial charge in [0.25, 0.3) is 0 Å². The van der Waals surface area contributed by atoms with E-state index in [1.165, 1.54) is 5.56 Å². The summed E-state index contributed by atoms with van der Waals surface area (Å²) in [5.74, 6) is 0.182. The first-order valence-corrected chi connectivity index (χ1v) is 7.21. The third-order valence-corrected chi connectivity index (χ3v) is 3.62. The van der Waals surface area contributed by atoms with Crippen LogP contribution in [0.2, 0.25) is 5.02 Å². The highest BCUT2D eigenvalue weighted by Gasteiger charge is 2.12. The minimum absolute atomic E-state index is 0.127. The third kappa shape index (κ3) is 4.22. The summed E-state index contributed by atoms with van der Waals surface area (Å²) in [6, 6.07) is 17.3. The van der Waals surface area contributed by atoms with Crippen LogP contribution in [0.25, 0.3) is 0 Å². The highest BCUT2D eigenvalue weighted by atomic mass is 35.5. The van der Waals surface area contributed by atoms with Crippen molar-refractivity contribution < 1.29 is 5.11 Å². The van der Waals surface area contributed by atoms with Gasteiger partial charge in [0.2, 0.25) is 0 Å². The van der Waals surface area contributed by atoms with Crippen molar-refractivity contribution in [3.8, 4) is 6.07 Å². The molecule has 2 rings (SSSR count). The summed E-state index contributed by atoms with van der Waals surface area (Å²) in [4.78, 5) is 0. The topological polar surface area (TPSA) is 56.0 Å². The fourth-order valence-electron chi connectivity index (χ4n) is 2.26. The van der Waals surface area contributed by atoms with E-state index < -0.39 is 0 Å². The van der Waals surface area contributed by atoms with Crippen LogP contribution in [0, 0.1) is 11.3 Å². The van der Waals surface area contributed by atoms with Gasteiger partial charge in [-0.25, -0.2) is 0 Å². The largest absolute Gasteiger partial charge is 0.396 e. The Bertz CT molecular complexity index is 622. The number of nitrogens with one attached hydrogen (secondary N) is 1. The molecule has 0 saturated heterocycles. The molecular formula is C17H17ClN2O. The zero-order valence-corrected chi connectivity index (χ0v) is 12.3. The van der Waals surface area contributed by atoms with E-state index in [1.54, 1.807) is 18.2 Å². The van der Waals surface area contributed by atoms with Crippen molar-refractivity contribution in [3.05, 3.63) is 64.7 Å². The van der Waals surface area contributed by atoms with E-state index >= 15 is 0 Å². The van der Waals surface area contributed by atoms with E-state index in [0.29, 0.717) is 23.6 Å². The van der Waals surface area contributed by atoms with Gasteiger partial charge >= 0.3 is 0 Å². The second-order valence-electron chi connectivity index (χ2n) is 4.80. The molecule has 0 fully saturated rings. The van der Waals surface area contributed by atoms with Gasteiger partial charge in [0.15, 0.2) is 0 Å². The van der Waals surface area contributed by atoms with Gasteiger partial charge in [0.1, 0.15) is 6.07 Å². The van der Waals surface area contributed by atoms with E-state index in [2.05, 4.69) is 11.4 Å². The molecule has 0 bridgehead atoms. The molecule has 4 heteroatoms. The Morgan fingerprint density at radius 3 is 2.62 bits per heavy atom. The molecule has 108 valence electrons. The molecule has 1 atom stereocenters. The normalized spacial score (nSPS) is 11.7. The van der Waals surface area contributed by atoms with Crippen LogP contribution in [0.15, 0.2) is 48.5 Å². The number of rotatable bonds is 6. The molecule has 0 aromatic heterocycles. The monoisotopic (exact) mass is 300 g/mol. The van der Waals surface area contributed by atoms with E-state index in [1.807, 2.05) is 30.3 Å². The molecule has 0 aliphatic heterocycles. The minimum Gasteiger partial charge on any atom is -0.396 e. The van der Waals surface area contributed by atoms with Gasteiger partial charge in [-0.15, -0.1) is 0 Å². The summed E-state index contributed by atoms with van der Waals surface area (Å²) in [5, 5.41) is 22.2. The van der Waals surface area contributed by atoms with Crippen LogP contribution in [0.1, 0.15) is 23.5 Å². The molecule has 0 amide bonds. The Balaban J connectivity index is 2.13. The second-order valence-corrected chi connectivity index (χ2v) is 5.24. The molecule has 0 radical (unpaired) electrons. The Labute approximate surface area is 129 Å². The Morgan fingerprint density at radius 2 is 1.95 bits per heavy atom. The predicted octanol–water partition coefficient (Wildman–Crippen LogP) is 3.79. The SMILES string of the molecule is N#Cc1ccc(Cl)cc1NCC(CCO)c1ccccc1. The molecule has 2 N–H and O–H groups in total. The quantitative estimate of drug-likeness (QED) is 0.853. The summed E-state index contributed by atoms with van der Waals surface area (Å²) in [7, 11) is 0. The molecule has 0 heterocycles.